The molecule has 0 radical (unpaired) electrons. The molecule has 1 aromatic heterocycles. The third kappa shape index (κ3) is 5.86. The van der Waals surface area contributed by atoms with Gasteiger partial charge in [-0.2, -0.15) is 0 Å². The zero-order valence-corrected chi connectivity index (χ0v) is 16.6. The van der Waals surface area contributed by atoms with Crippen molar-refractivity contribution in [1.82, 2.24) is 21.2 Å². The van der Waals surface area contributed by atoms with Crippen LogP contribution in [0, 0.1) is 5.92 Å². The molecule has 2 heterocycles. The number of hydrogen-bond donors (Lipinski definition) is 4. The second-order valence-electron chi connectivity index (χ2n) is 8.44. The lowest BCUT2D eigenvalue weighted by atomic mass is 9.80. The lowest BCUT2D eigenvalue weighted by molar-refractivity contribution is -0.0544. The fourth-order valence-electron chi connectivity index (χ4n) is 3.98. The van der Waals surface area contributed by atoms with Crippen LogP contribution in [0.1, 0.15) is 40.0 Å². The minimum absolute atomic E-state index is 0.205. The summed E-state index contributed by atoms with van der Waals surface area (Å²) in [6.45, 7) is 7.58. The number of ether oxygens (including phenoxy) is 2. The van der Waals surface area contributed by atoms with Crippen LogP contribution in [-0.2, 0) is 4.74 Å². The molecule has 2 fully saturated rings. The van der Waals surface area contributed by atoms with E-state index in [-0.39, 0.29) is 11.6 Å². The van der Waals surface area contributed by atoms with E-state index >= 15 is 0 Å². The van der Waals surface area contributed by atoms with Crippen molar-refractivity contribution in [2.45, 2.75) is 69.9 Å². The van der Waals surface area contributed by atoms with E-state index in [1.165, 1.54) is 12.8 Å². The van der Waals surface area contributed by atoms with Crippen LogP contribution in [0.25, 0.3) is 0 Å². The van der Waals surface area contributed by atoms with E-state index in [9.17, 15) is 5.11 Å². The lowest BCUT2D eigenvalue weighted by Crippen LogP contribution is -2.49. The number of aliphatic hydroxyl groups excluding tert-OH is 1. The highest BCUT2D eigenvalue weighted by Crippen LogP contribution is 2.32. The van der Waals surface area contributed by atoms with Crippen LogP contribution in [0.15, 0.2) is 24.4 Å². The minimum atomic E-state index is -0.544. The number of hydrogen-bond acceptors (Lipinski definition) is 7. The maximum atomic E-state index is 10.4. The predicted octanol–water partition coefficient (Wildman–Crippen LogP) is 1.24. The summed E-state index contributed by atoms with van der Waals surface area (Å²) in [5, 5.41) is 13.7. The van der Waals surface area contributed by atoms with Crippen LogP contribution < -0.4 is 20.9 Å². The van der Waals surface area contributed by atoms with Crippen molar-refractivity contribution in [3.8, 4) is 5.88 Å². The van der Waals surface area contributed by atoms with Gasteiger partial charge < -0.3 is 19.9 Å². The largest absolute Gasteiger partial charge is 0.476 e. The summed E-state index contributed by atoms with van der Waals surface area (Å²) >= 11 is 0. The van der Waals surface area contributed by atoms with Crippen molar-refractivity contribution in [2.24, 2.45) is 5.92 Å². The van der Waals surface area contributed by atoms with Gasteiger partial charge in [0, 0.05) is 42.3 Å². The average molecular weight is 379 g/mol. The van der Waals surface area contributed by atoms with Gasteiger partial charge in [0.25, 0.3) is 0 Å². The Labute approximate surface area is 162 Å². The Bertz CT molecular complexity index is 570. The third-order valence-corrected chi connectivity index (χ3v) is 5.51. The number of nitrogens with zero attached hydrogens (tertiary/aromatic N) is 1. The Morgan fingerprint density at radius 1 is 1.33 bits per heavy atom. The van der Waals surface area contributed by atoms with E-state index in [1.807, 2.05) is 32.0 Å². The number of rotatable bonds is 9. The number of aliphatic hydroxyl groups is 1. The summed E-state index contributed by atoms with van der Waals surface area (Å²) in [6, 6.07) is 6.48. The monoisotopic (exact) mass is 378 g/mol. The topological polar surface area (TPSA) is 87.7 Å². The highest BCUT2D eigenvalue weighted by atomic mass is 16.5. The molecule has 4 unspecified atom stereocenters. The van der Waals surface area contributed by atoms with E-state index in [0.717, 1.165) is 6.42 Å². The van der Waals surface area contributed by atoms with Gasteiger partial charge in [-0.3, -0.25) is 10.9 Å². The zero-order valence-electron chi connectivity index (χ0n) is 16.6. The van der Waals surface area contributed by atoms with Crippen molar-refractivity contribution < 1.29 is 14.6 Å². The highest BCUT2D eigenvalue weighted by molar-refractivity contribution is 5.09. The number of nitrogens with one attached hydrogen (secondary N) is 3. The quantitative estimate of drug-likeness (QED) is 0.514. The SMILES string of the molecule is CC1NNC2CCCC(OC[C@@H](O)CNC(C)(C)COc3ccccn3)C12. The molecule has 1 aliphatic carbocycles. The first-order valence-electron chi connectivity index (χ1n) is 10.0. The Hall–Kier alpha value is -1.25. The fraction of sp³-hybridized carbons (Fsp3) is 0.750. The smallest absolute Gasteiger partial charge is 0.213 e. The summed E-state index contributed by atoms with van der Waals surface area (Å²) in [5.41, 5.74) is 6.43. The fourth-order valence-corrected chi connectivity index (χ4v) is 3.98. The normalized spacial score (nSPS) is 29.3. The summed E-state index contributed by atoms with van der Waals surface area (Å²) < 4.78 is 11.8. The predicted molar refractivity (Wildman–Crippen MR) is 104 cm³/mol. The second-order valence-corrected chi connectivity index (χ2v) is 8.44. The molecule has 7 nitrogen and oxygen atoms in total. The molecule has 1 saturated heterocycles. The van der Waals surface area contributed by atoms with Crippen LogP contribution >= 0.6 is 0 Å². The first-order chi connectivity index (χ1) is 12.9. The maximum Gasteiger partial charge on any atom is 0.213 e. The van der Waals surface area contributed by atoms with Crippen molar-refractivity contribution in [3.05, 3.63) is 24.4 Å². The minimum Gasteiger partial charge on any atom is -0.476 e. The van der Waals surface area contributed by atoms with Gasteiger partial charge in [-0.05, 0) is 46.1 Å². The first-order valence-corrected chi connectivity index (χ1v) is 10.0. The number of aromatic nitrogens is 1. The second kappa shape index (κ2) is 9.30. The summed E-state index contributed by atoms with van der Waals surface area (Å²) in [7, 11) is 0. The van der Waals surface area contributed by atoms with Crippen LogP contribution in [-0.4, -0.2) is 59.7 Å². The first kappa shape index (κ1) is 20.5. The van der Waals surface area contributed by atoms with E-state index < -0.39 is 6.10 Å². The molecule has 1 saturated carbocycles. The third-order valence-electron chi connectivity index (χ3n) is 5.51. The van der Waals surface area contributed by atoms with Gasteiger partial charge in [0.05, 0.1) is 18.8 Å². The number of fused-ring (bicyclic) bond motifs is 1. The molecule has 7 heteroatoms. The molecule has 27 heavy (non-hydrogen) atoms. The molecule has 0 aromatic carbocycles. The Morgan fingerprint density at radius 2 is 2.19 bits per heavy atom. The summed E-state index contributed by atoms with van der Waals surface area (Å²) in [5.74, 6) is 1.08. The number of β-amino-alcohol motifs (C(OH)–C–C–N with tert-alkyl or cyclic N) is 1. The number of hydrazine groups is 1. The highest BCUT2D eigenvalue weighted by Gasteiger charge is 2.41. The Morgan fingerprint density at radius 3 is 2.96 bits per heavy atom. The van der Waals surface area contributed by atoms with Crippen LogP contribution in [0.4, 0.5) is 0 Å². The molecule has 0 amide bonds. The molecule has 4 N–H and O–H groups in total. The van der Waals surface area contributed by atoms with Gasteiger partial charge >= 0.3 is 0 Å². The van der Waals surface area contributed by atoms with E-state index in [1.54, 1.807) is 6.20 Å². The average Bonchev–Trinajstić information content (AvgIpc) is 3.06. The number of pyridine rings is 1. The van der Waals surface area contributed by atoms with E-state index in [2.05, 4.69) is 28.1 Å². The van der Waals surface area contributed by atoms with Gasteiger partial charge in [0.1, 0.15) is 6.61 Å². The van der Waals surface area contributed by atoms with Crippen molar-refractivity contribution in [3.63, 3.8) is 0 Å². The molecular formula is C20H34N4O3. The molecule has 152 valence electrons. The molecule has 2 aliphatic rings. The van der Waals surface area contributed by atoms with Crippen molar-refractivity contribution in [1.29, 1.82) is 0 Å². The Kier molecular flexibility index (Phi) is 7.05. The van der Waals surface area contributed by atoms with E-state index in [0.29, 0.717) is 43.6 Å². The molecule has 3 rings (SSSR count). The molecule has 1 aromatic rings. The van der Waals surface area contributed by atoms with Gasteiger partial charge in [0.2, 0.25) is 5.88 Å². The van der Waals surface area contributed by atoms with Crippen molar-refractivity contribution >= 4 is 0 Å². The molecule has 1 aliphatic heterocycles. The van der Waals surface area contributed by atoms with Crippen molar-refractivity contribution in [2.75, 3.05) is 19.8 Å². The van der Waals surface area contributed by atoms with Gasteiger partial charge in [-0.15, -0.1) is 0 Å². The molecule has 5 atom stereocenters. The van der Waals surface area contributed by atoms with Gasteiger partial charge in [0.15, 0.2) is 0 Å². The van der Waals surface area contributed by atoms with Gasteiger partial charge in [-0.1, -0.05) is 6.07 Å². The Balaban J connectivity index is 1.38. The maximum absolute atomic E-state index is 10.4. The van der Waals surface area contributed by atoms with Crippen LogP contribution in [0.5, 0.6) is 5.88 Å². The van der Waals surface area contributed by atoms with Crippen LogP contribution in [0.3, 0.4) is 0 Å². The molecular weight excluding hydrogens is 344 g/mol. The van der Waals surface area contributed by atoms with Gasteiger partial charge in [-0.25, -0.2) is 4.98 Å². The lowest BCUT2D eigenvalue weighted by Gasteiger charge is -2.35. The molecule has 0 spiro atoms. The van der Waals surface area contributed by atoms with Crippen LogP contribution in [0.2, 0.25) is 0 Å². The summed E-state index contributed by atoms with van der Waals surface area (Å²) in [4.78, 5) is 4.16. The molecule has 0 bridgehead atoms. The standard InChI is InChI=1S/C20H34N4O3/c1-14-19-16(24-23-14)7-6-8-17(19)26-12-15(25)11-22-20(2,3)13-27-18-9-4-5-10-21-18/h4-5,9-10,14-17,19,22-25H,6-8,11-13H2,1-3H3/t14?,15-,16?,17?,19?/m0/s1. The van der Waals surface area contributed by atoms with E-state index in [4.69, 9.17) is 9.47 Å². The summed E-state index contributed by atoms with van der Waals surface area (Å²) in [6.07, 6.45) is 4.80. The zero-order chi connectivity index (χ0) is 19.3.